The van der Waals surface area contributed by atoms with Gasteiger partial charge in [0.2, 0.25) is 5.91 Å². The minimum absolute atomic E-state index is 0.0670. The van der Waals surface area contributed by atoms with Crippen LogP contribution in [0.4, 0.5) is 5.69 Å². The fourth-order valence-electron chi connectivity index (χ4n) is 7.91. The van der Waals surface area contributed by atoms with Crippen molar-refractivity contribution in [2.75, 3.05) is 18.0 Å². The maximum Gasteiger partial charge on any atom is 0.326 e. The first kappa shape index (κ1) is 39.4. The first-order valence-corrected chi connectivity index (χ1v) is 20.2. The van der Waals surface area contributed by atoms with Gasteiger partial charge in [0.05, 0.1) is 23.0 Å². The molecule has 3 N–H and O–H groups in total. The number of benzene rings is 1. The highest BCUT2D eigenvalue weighted by molar-refractivity contribution is 7.14. The van der Waals surface area contributed by atoms with Gasteiger partial charge in [-0.3, -0.25) is 9.59 Å². The van der Waals surface area contributed by atoms with Crippen LogP contribution in [0.1, 0.15) is 119 Å². The van der Waals surface area contributed by atoms with Crippen LogP contribution in [0.5, 0.6) is 0 Å². The van der Waals surface area contributed by atoms with Crippen LogP contribution in [0, 0.1) is 23.7 Å². The Kier molecular flexibility index (Phi) is 13.5. The van der Waals surface area contributed by atoms with Crippen molar-refractivity contribution in [1.82, 2.24) is 20.6 Å². The number of hydrogen-bond acceptors (Lipinski definition) is 7. The van der Waals surface area contributed by atoms with E-state index < -0.39 is 24.0 Å². The van der Waals surface area contributed by atoms with Crippen LogP contribution >= 0.6 is 11.3 Å². The van der Waals surface area contributed by atoms with Gasteiger partial charge in [-0.15, -0.1) is 11.3 Å². The van der Waals surface area contributed by atoms with E-state index >= 15 is 0 Å². The number of carboxylic acids is 1. The minimum Gasteiger partial charge on any atom is -0.480 e. The van der Waals surface area contributed by atoms with Gasteiger partial charge in [-0.25, -0.2) is 14.8 Å². The Bertz CT molecular complexity index is 1610. The van der Waals surface area contributed by atoms with Crippen molar-refractivity contribution in [2.45, 2.75) is 123 Å². The number of anilines is 1. The summed E-state index contributed by atoms with van der Waals surface area (Å²) >= 11 is 1.40. The van der Waals surface area contributed by atoms with E-state index in [4.69, 9.17) is 9.97 Å². The van der Waals surface area contributed by atoms with Gasteiger partial charge in [0, 0.05) is 30.0 Å². The zero-order valence-electron chi connectivity index (χ0n) is 32.0. The molecule has 52 heavy (non-hydrogen) atoms. The lowest BCUT2D eigenvalue weighted by molar-refractivity contribution is -0.142. The lowest BCUT2D eigenvalue weighted by Gasteiger charge is -2.39. The highest BCUT2D eigenvalue weighted by Gasteiger charge is 2.31. The number of nitrogens with zero attached hydrogens (tertiary/aromatic N) is 3. The summed E-state index contributed by atoms with van der Waals surface area (Å²) < 4.78 is 0. The minimum atomic E-state index is -1.10. The Morgan fingerprint density at radius 3 is 2.08 bits per heavy atom. The summed E-state index contributed by atoms with van der Waals surface area (Å²) in [4.78, 5) is 52.3. The van der Waals surface area contributed by atoms with Gasteiger partial charge in [-0.2, -0.15) is 0 Å². The largest absolute Gasteiger partial charge is 0.480 e. The molecule has 3 aromatic rings. The molecular weight excluding hydrogens is 671 g/mol. The van der Waals surface area contributed by atoms with E-state index in [-0.39, 0.29) is 30.1 Å². The SMILES string of the molecule is CCCC1CCC(C2CCN(c3cnc(-c4ccc(C[C@H](NC(=O)c5ccc(C(C)(C)C)s5)C(=O)N[C@H](CC(C)C)C(=O)O)cc4)nc3)CC2)CC1. The molecule has 1 aliphatic heterocycles. The number of hydrogen-bond donors (Lipinski definition) is 3. The summed E-state index contributed by atoms with van der Waals surface area (Å²) in [6.07, 6.45) is 15.2. The summed E-state index contributed by atoms with van der Waals surface area (Å²) in [7, 11) is 0. The zero-order valence-corrected chi connectivity index (χ0v) is 32.8. The van der Waals surface area contributed by atoms with E-state index in [0.717, 1.165) is 52.5 Å². The van der Waals surface area contributed by atoms with Gasteiger partial charge >= 0.3 is 5.97 Å². The van der Waals surface area contributed by atoms with Crippen LogP contribution in [0.25, 0.3) is 11.4 Å². The average molecular weight is 730 g/mol. The number of piperidine rings is 1. The number of carbonyl (C=O) groups is 3. The Hall–Kier alpha value is -3.79. The molecule has 1 aliphatic carbocycles. The monoisotopic (exact) mass is 729 g/mol. The molecule has 1 saturated heterocycles. The first-order valence-electron chi connectivity index (χ1n) is 19.4. The van der Waals surface area contributed by atoms with Crippen LogP contribution < -0.4 is 15.5 Å². The second kappa shape index (κ2) is 17.8. The molecule has 2 aromatic heterocycles. The van der Waals surface area contributed by atoms with Crippen LogP contribution in [-0.2, 0) is 21.4 Å². The lowest BCUT2D eigenvalue weighted by atomic mass is 9.72. The van der Waals surface area contributed by atoms with E-state index in [1.54, 1.807) is 6.07 Å². The second-order valence-corrected chi connectivity index (χ2v) is 17.6. The van der Waals surface area contributed by atoms with Gasteiger partial charge in [0.15, 0.2) is 5.82 Å². The number of amides is 2. The lowest BCUT2D eigenvalue weighted by Crippen LogP contribution is -2.52. The molecule has 10 heteroatoms. The molecule has 9 nitrogen and oxygen atoms in total. The van der Waals surface area contributed by atoms with Crippen molar-refractivity contribution in [3.8, 4) is 11.4 Å². The van der Waals surface area contributed by atoms with Crippen LogP contribution in [0.15, 0.2) is 48.8 Å². The molecular formula is C42H59N5O4S. The second-order valence-electron chi connectivity index (χ2n) is 16.5. The highest BCUT2D eigenvalue weighted by Crippen LogP contribution is 2.39. The Labute approximate surface area is 314 Å². The molecule has 1 saturated carbocycles. The van der Waals surface area contributed by atoms with Crippen molar-refractivity contribution < 1.29 is 19.5 Å². The molecule has 1 aromatic carbocycles. The van der Waals surface area contributed by atoms with Gasteiger partial charge in [0.1, 0.15) is 12.1 Å². The number of carboxylic acid groups (broad SMARTS) is 1. The molecule has 0 radical (unpaired) electrons. The molecule has 282 valence electrons. The fraction of sp³-hybridized carbons (Fsp3) is 0.595. The fourth-order valence-corrected chi connectivity index (χ4v) is 8.88. The summed E-state index contributed by atoms with van der Waals surface area (Å²) in [6, 6.07) is 9.36. The van der Waals surface area contributed by atoms with Crippen LogP contribution in [0.2, 0.25) is 0 Å². The Morgan fingerprint density at radius 2 is 1.52 bits per heavy atom. The molecule has 0 bridgehead atoms. The van der Waals surface area contributed by atoms with Crippen molar-refractivity contribution in [3.63, 3.8) is 0 Å². The van der Waals surface area contributed by atoms with Gasteiger partial charge in [-0.05, 0) is 78.9 Å². The van der Waals surface area contributed by atoms with Crippen LogP contribution in [-0.4, -0.2) is 58.0 Å². The number of aliphatic carboxylic acids is 1. The van der Waals surface area contributed by atoms with E-state index in [9.17, 15) is 19.5 Å². The highest BCUT2D eigenvalue weighted by atomic mass is 32.1. The quantitative estimate of drug-likeness (QED) is 0.153. The first-order chi connectivity index (χ1) is 24.8. The van der Waals surface area contributed by atoms with E-state index in [1.807, 2.05) is 56.6 Å². The summed E-state index contributed by atoms with van der Waals surface area (Å²) in [5, 5.41) is 15.3. The number of carbonyl (C=O) groups excluding carboxylic acids is 2. The summed E-state index contributed by atoms with van der Waals surface area (Å²) in [5.74, 6) is 1.40. The van der Waals surface area contributed by atoms with Gasteiger partial charge in [0.25, 0.3) is 5.91 Å². The maximum atomic E-state index is 13.5. The molecule has 0 unspecified atom stereocenters. The van der Waals surface area contributed by atoms with Crippen LogP contribution in [0.3, 0.4) is 0 Å². The van der Waals surface area contributed by atoms with Gasteiger partial charge in [-0.1, -0.05) is 91.5 Å². The third kappa shape index (κ3) is 10.6. The molecule has 5 rings (SSSR count). The standard InChI is InChI=1S/C42H59N5O4S/c1-7-8-28-9-13-30(14-10-28)31-19-21-47(22-20-31)33-25-43-38(44-26-33)32-15-11-29(12-16-32)24-34(39(48)46-35(41(50)51)23-27(2)3)45-40(49)36-17-18-37(52-36)42(4,5)6/h11-12,15-18,25-28,30-31,34-35H,7-10,13-14,19-24H2,1-6H3,(H,45,49)(H,46,48)(H,50,51)/t28?,30?,34-,35+/m0/s1. The zero-order chi connectivity index (χ0) is 37.4. The molecule has 3 heterocycles. The predicted octanol–water partition coefficient (Wildman–Crippen LogP) is 8.28. The molecule has 2 amide bonds. The Morgan fingerprint density at radius 1 is 0.885 bits per heavy atom. The third-order valence-electron chi connectivity index (χ3n) is 11.0. The topological polar surface area (TPSA) is 125 Å². The maximum absolute atomic E-state index is 13.5. The number of nitrogens with one attached hydrogen (secondary N) is 2. The number of aromatic nitrogens is 2. The van der Waals surface area contributed by atoms with E-state index in [1.165, 1.54) is 62.7 Å². The normalized spacial score (nSPS) is 19.6. The molecule has 2 atom stereocenters. The smallest absolute Gasteiger partial charge is 0.326 e. The van der Waals surface area contributed by atoms with Crippen molar-refractivity contribution in [3.05, 3.63) is 64.1 Å². The summed E-state index contributed by atoms with van der Waals surface area (Å²) in [6.45, 7) is 14.5. The number of thiophene rings is 1. The molecule has 2 fully saturated rings. The van der Waals surface area contributed by atoms with E-state index in [0.29, 0.717) is 10.7 Å². The van der Waals surface area contributed by atoms with E-state index in [2.05, 4.69) is 43.2 Å². The molecule has 0 spiro atoms. The van der Waals surface area contributed by atoms with Crippen molar-refractivity contribution >= 4 is 34.8 Å². The van der Waals surface area contributed by atoms with Gasteiger partial charge < -0.3 is 20.6 Å². The van der Waals surface area contributed by atoms with Crippen molar-refractivity contribution in [2.24, 2.45) is 23.7 Å². The van der Waals surface area contributed by atoms with Crippen molar-refractivity contribution in [1.29, 1.82) is 0 Å². The number of rotatable bonds is 14. The Balaban J connectivity index is 1.21. The molecule has 2 aliphatic rings. The predicted molar refractivity (Wildman–Crippen MR) is 210 cm³/mol. The average Bonchev–Trinajstić information content (AvgIpc) is 3.64. The third-order valence-corrected chi connectivity index (χ3v) is 12.5. The summed E-state index contributed by atoms with van der Waals surface area (Å²) in [5.41, 5.74) is 2.63.